The fraction of sp³-hybridized carbons (Fsp3) is 0.636. The maximum absolute atomic E-state index is 12.1. The Balaban J connectivity index is 1.90. The third-order valence-corrected chi connectivity index (χ3v) is 3.80. The molecular weight excluding hydrogens is 260 g/mol. The molecule has 6 heteroatoms. The van der Waals surface area contributed by atoms with Gasteiger partial charge in [0.25, 0.3) is 5.91 Å². The fourth-order valence-corrected chi connectivity index (χ4v) is 2.69. The average molecular weight is 275 g/mol. The van der Waals surface area contributed by atoms with E-state index in [1.807, 2.05) is 11.8 Å². The molecule has 1 saturated heterocycles. The Morgan fingerprint density at radius 1 is 1.76 bits per heavy atom. The largest absolute Gasteiger partial charge is 0.381 e. The molecule has 0 N–H and O–H groups in total. The van der Waals surface area contributed by atoms with Crippen molar-refractivity contribution in [2.24, 2.45) is 5.92 Å². The van der Waals surface area contributed by atoms with Gasteiger partial charge in [-0.15, -0.1) is 11.3 Å². The Kier molecular flexibility index (Phi) is 4.36. The smallest absolute Gasteiger partial charge is 0.273 e. The summed E-state index contributed by atoms with van der Waals surface area (Å²) >= 11 is 7.01. The predicted octanol–water partition coefficient (Wildman–Crippen LogP) is 2.30. The highest BCUT2D eigenvalue weighted by molar-refractivity contribution is 7.14. The molecule has 94 valence electrons. The molecule has 1 aromatic rings. The molecule has 1 aliphatic rings. The molecule has 1 fully saturated rings. The van der Waals surface area contributed by atoms with Crippen molar-refractivity contribution in [1.29, 1.82) is 0 Å². The number of ether oxygens (including phenoxy) is 1. The van der Waals surface area contributed by atoms with Crippen LogP contribution in [0.5, 0.6) is 0 Å². The molecule has 1 amide bonds. The maximum Gasteiger partial charge on any atom is 0.273 e. The minimum Gasteiger partial charge on any atom is -0.381 e. The Morgan fingerprint density at radius 3 is 3.24 bits per heavy atom. The third kappa shape index (κ3) is 3.18. The molecule has 2 rings (SSSR count). The van der Waals surface area contributed by atoms with E-state index in [2.05, 4.69) is 4.98 Å². The normalized spacial score (nSPS) is 19.9. The van der Waals surface area contributed by atoms with Gasteiger partial charge < -0.3 is 9.64 Å². The lowest BCUT2D eigenvalue weighted by Gasteiger charge is -2.15. The number of nitrogens with zero attached hydrogens (tertiary/aromatic N) is 2. The van der Waals surface area contributed by atoms with Gasteiger partial charge >= 0.3 is 0 Å². The van der Waals surface area contributed by atoms with Crippen LogP contribution in [-0.4, -0.2) is 42.1 Å². The summed E-state index contributed by atoms with van der Waals surface area (Å²) in [4.78, 5) is 17.9. The first kappa shape index (κ1) is 12.8. The van der Waals surface area contributed by atoms with Crippen molar-refractivity contribution in [3.05, 3.63) is 15.5 Å². The van der Waals surface area contributed by atoms with Crippen LogP contribution in [0.3, 0.4) is 0 Å². The first-order chi connectivity index (χ1) is 8.20. The van der Waals surface area contributed by atoms with Gasteiger partial charge in [-0.25, -0.2) is 4.98 Å². The van der Waals surface area contributed by atoms with Crippen LogP contribution in [0, 0.1) is 5.92 Å². The van der Waals surface area contributed by atoms with E-state index in [4.69, 9.17) is 16.3 Å². The minimum absolute atomic E-state index is 0.0212. The van der Waals surface area contributed by atoms with E-state index in [9.17, 15) is 4.79 Å². The van der Waals surface area contributed by atoms with Crippen LogP contribution < -0.4 is 0 Å². The molecule has 4 nitrogen and oxygen atoms in total. The molecule has 0 saturated carbocycles. The van der Waals surface area contributed by atoms with Crippen LogP contribution in [0.2, 0.25) is 4.47 Å². The van der Waals surface area contributed by atoms with Gasteiger partial charge in [-0.1, -0.05) is 11.6 Å². The van der Waals surface area contributed by atoms with Crippen LogP contribution in [0.4, 0.5) is 0 Å². The molecule has 0 aliphatic carbocycles. The van der Waals surface area contributed by atoms with E-state index in [0.717, 1.165) is 32.7 Å². The number of carbonyl (C=O) groups is 1. The zero-order chi connectivity index (χ0) is 12.3. The number of aromatic nitrogens is 1. The molecule has 2 heterocycles. The monoisotopic (exact) mass is 274 g/mol. The number of halogens is 1. The van der Waals surface area contributed by atoms with Crippen molar-refractivity contribution in [2.45, 2.75) is 13.3 Å². The van der Waals surface area contributed by atoms with Gasteiger partial charge in [0.15, 0.2) is 4.47 Å². The predicted molar refractivity (Wildman–Crippen MR) is 67.6 cm³/mol. The second kappa shape index (κ2) is 5.80. The highest BCUT2D eigenvalue weighted by Crippen LogP contribution is 2.21. The molecule has 0 bridgehead atoms. The SMILES string of the molecule is CCOC[C@H]1CCN(C(=O)c2csc(Cl)n2)C1. The van der Waals surface area contributed by atoms with Gasteiger partial charge in [0.1, 0.15) is 5.69 Å². The minimum atomic E-state index is -0.0212. The summed E-state index contributed by atoms with van der Waals surface area (Å²) in [5.41, 5.74) is 0.456. The van der Waals surface area contributed by atoms with Crippen molar-refractivity contribution in [3.63, 3.8) is 0 Å². The van der Waals surface area contributed by atoms with Crippen molar-refractivity contribution in [3.8, 4) is 0 Å². The van der Waals surface area contributed by atoms with Crippen molar-refractivity contribution in [1.82, 2.24) is 9.88 Å². The molecule has 1 aliphatic heterocycles. The van der Waals surface area contributed by atoms with Crippen LogP contribution in [0.15, 0.2) is 5.38 Å². The number of rotatable bonds is 4. The number of likely N-dealkylation sites (tertiary alicyclic amines) is 1. The van der Waals surface area contributed by atoms with Crippen LogP contribution in [0.1, 0.15) is 23.8 Å². The standard InChI is InChI=1S/C11H15ClN2O2S/c1-2-16-6-8-3-4-14(5-8)10(15)9-7-17-11(12)13-9/h7-8H,2-6H2,1H3/t8-/m0/s1. The first-order valence-electron chi connectivity index (χ1n) is 5.68. The Bertz CT molecular complexity index is 397. The highest BCUT2D eigenvalue weighted by Gasteiger charge is 2.28. The van der Waals surface area contributed by atoms with E-state index < -0.39 is 0 Å². The Morgan fingerprint density at radius 2 is 2.59 bits per heavy atom. The Hall–Kier alpha value is -0.650. The number of thiazole rings is 1. The van der Waals surface area contributed by atoms with Gasteiger partial charge in [0, 0.05) is 31.0 Å². The second-order valence-corrected chi connectivity index (χ2v) is 5.49. The molecule has 0 unspecified atom stereocenters. The lowest BCUT2D eigenvalue weighted by atomic mass is 10.1. The molecule has 0 aromatic carbocycles. The van der Waals surface area contributed by atoms with Gasteiger partial charge in [0.05, 0.1) is 6.61 Å². The number of hydrogen-bond acceptors (Lipinski definition) is 4. The van der Waals surface area contributed by atoms with Gasteiger partial charge in [-0.2, -0.15) is 0 Å². The van der Waals surface area contributed by atoms with E-state index in [-0.39, 0.29) is 5.91 Å². The van der Waals surface area contributed by atoms with E-state index in [1.54, 1.807) is 5.38 Å². The van der Waals surface area contributed by atoms with Gasteiger partial charge in [-0.3, -0.25) is 4.79 Å². The third-order valence-electron chi connectivity index (χ3n) is 2.83. The fourth-order valence-electron chi connectivity index (χ4n) is 1.95. The van der Waals surface area contributed by atoms with Crippen molar-refractivity contribution in [2.75, 3.05) is 26.3 Å². The molecule has 0 radical (unpaired) electrons. The Labute approximate surface area is 110 Å². The average Bonchev–Trinajstić information content (AvgIpc) is 2.94. The summed E-state index contributed by atoms with van der Waals surface area (Å²) in [6.07, 6.45) is 1.00. The lowest BCUT2D eigenvalue weighted by Crippen LogP contribution is -2.29. The van der Waals surface area contributed by atoms with Crippen molar-refractivity contribution >= 4 is 28.8 Å². The van der Waals surface area contributed by atoms with Crippen molar-refractivity contribution < 1.29 is 9.53 Å². The summed E-state index contributed by atoms with van der Waals surface area (Å²) in [6.45, 7) is 4.99. The van der Waals surface area contributed by atoms with Crippen LogP contribution in [-0.2, 0) is 4.74 Å². The summed E-state index contributed by atoms with van der Waals surface area (Å²) in [6, 6.07) is 0. The summed E-state index contributed by atoms with van der Waals surface area (Å²) in [7, 11) is 0. The number of carbonyl (C=O) groups excluding carboxylic acids is 1. The molecule has 1 atom stereocenters. The van der Waals surface area contributed by atoms with Gasteiger partial charge in [0.2, 0.25) is 0 Å². The summed E-state index contributed by atoms with van der Waals surface area (Å²) < 4.78 is 5.80. The number of amides is 1. The maximum atomic E-state index is 12.1. The van der Waals surface area contributed by atoms with E-state index in [1.165, 1.54) is 11.3 Å². The molecule has 0 spiro atoms. The van der Waals surface area contributed by atoms with Crippen LogP contribution >= 0.6 is 22.9 Å². The summed E-state index contributed by atoms with van der Waals surface area (Å²) in [5, 5.41) is 1.71. The van der Waals surface area contributed by atoms with E-state index in [0.29, 0.717) is 16.1 Å². The highest BCUT2D eigenvalue weighted by atomic mass is 35.5. The van der Waals surface area contributed by atoms with Crippen LogP contribution in [0.25, 0.3) is 0 Å². The van der Waals surface area contributed by atoms with Gasteiger partial charge in [-0.05, 0) is 13.3 Å². The number of hydrogen-bond donors (Lipinski definition) is 0. The molecule has 17 heavy (non-hydrogen) atoms. The zero-order valence-corrected chi connectivity index (χ0v) is 11.3. The van der Waals surface area contributed by atoms with E-state index >= 15 is 0 Å². The first-order valence-corrected chi connectivity index (χ1v) is 6.94. The quantitative estimate of drug-likeness (QED) is 0.846. The zero-order valence-electron chi connectivity index (χ0n) is 9.69. The second-order valence-electron chi connectivity index (χ2n) is 4.05. The topological polar surface area (TPSA) is 42.4 Å². The molecular formula is C11H15ClN2O2S. The lowest BCUT2D eigenvalue weighted by molar-refractivity contribution is 0.0758. The molecule has 1 aromatic heterocycles. The summed E-state index contributed by atoms with van der Waals surface area (Å²) in [5.74, 6) is 0.431.